The van der Waals surface area contributed by atoms with Gasteiger partial charge in [-0.1, -0.05) is 12.1 Å². The number of para-hydroxylation sites is 2. The van der Waals surface area contributed by atoms with Gasteiger partial charge >= 0.3 is 12.2 Å². The lowest BCUT2D eigenvalue weighted by Gasteiger charge is -2.35. The number of carbonyl (C=O) groups is 2. The van der Waals surface area contributed by atoms with Crippen molar-refractivity contribution in [2.45, 2.75) is 10.2 Å². The van der Waals surface area contributed by atoms with Gasteiger partial charge < -0.3 is 19.7 Å². The maximum Gasteiger partial charge on any atom is 0.406 e. The summed E-state index contributed by atoms with van der Waals surface area (Å²) in [6.45, 7) is -1.48. The summed E-state index contributed by atoms with van der Waals surface area (Å²) < 4.78 is 76.0. The Morgan fingerprint density at radius 1 is 1.07 bits per heavy atom. The smallest absolute Gasteiger partial charge is 0.406 e. The third-order valence-electron chi connectivity index (χ3n) is 3.27. The van der Waals surface area contributed by atoms with Gasteiger partial charge in [0, 0.05) is 0 Å². The lowest BCUT2D eigenvalue weighted by atomic mass is 10.2. The van der Waals surface area contributed by atoms with Crippen LogP contribution in [0.5, 0.6) is 11.5 Å². The zero-order valence-electron chi connectivity index (χ0n) is 14.0. The minimum atomic E-state index is -5.76. The molecule has 6 N–H and O–H groups in total. The molecule has 2 amide bonds. The highest BCUT2D eigenvalue weighted by Gasteiger charge is 2.59. The molecule has 0 radical (unpaired) electrons. The Morgan fingerprint density at radius 2 is 1.61 bits per heavy atom. The molecule has 0 spiro atoms. The largest absolute Gasteiger partial charge is 0.493 e. The van der Waals surface area contributed by atoms with Gasteiger partial charge in [0.15, 0.2) is 11.5 Å². The summed E-state index contributed by atoms with van der Waals surface area (Å²) in [5.41, 5.74) is 0. The second-order valence-corrected chi connectivity index (χ2v) is 8.26. The van der Waals surface area contributed by atoms with Crippen molar-refractivity contribution < 1.29 is 55.2 Å². The summed E-state index contributed by atoms with van der Waals surface area (Å²) in [7, 11) is -10.2. The van der Waals surface area contributed by atoms with E-state index >= 15 is 0 Å². The normalized spacial score (nSPS) is 15.0. The van der Waals surface area contributed by atoms with Crippen molar-refractivity contribution in [1.82, 2.24) is 10.6 Å². The molecule has 0 aliphatic carbocycles. The van der Waals surface area contributed by atoms with Crippen LogP contribution in [0.4, 0.5) is 9.59 Å². The van der Waals surface area contributed by atoms with Gasteiger partial charge in [0.25, 0.3) is 20.2 Å². The standard InChI is InChI=1S/C12H16N2O12S2/c1-25-7-4-2-3-5-8(7)26-6-12(14-11(17)18,28(22,23)24)9(13-10(15)16)27(19,20)21/h2-5,9,13-14H,6H2,1H3,(H,15,16)(H,17,18)(H,19,20,21)(H,22,23,24). The van der Waals surface area contributed by atoms with Crippen molar-refractivity contribution in [3.8, 4) is 11.5 Å². The van der Waals surface area contributed by atoms with E-state index in [1.807, 2.05) is 0 Å². The van der Waals surface area contributed by atoms with Crippen LogP contribution in [0.15, 0.2) is 24.3 Å². The molecule has 0 bridgehead atoms. The fourth-order valence-electron chi connectivity index (χ4n) is 2.10. The fourth-order valence-corrected chi connectivity index (χ4v) is 4.44. The van der Waals surface area contributed by atoms with Crippen LogP contribution in [0.1, 0.15) is 0 Å². The lowest BCUT2D eigenvalue weighted by molar-refractivity contribution is 0.154. The van der Waals surface area contributed by atoms with Crippen LogP contribution in [0.3, 0.4) is 0 Å². The number of hydrogen-bond acceptors (Lipinski definition) is 8. The van der Waals surface area contributed by atoms with E-state index in [4.69, 9.17) is 19.7 Å². The van der Waals surface area contributed by atoms with Crippen LogP contribution in [-0.4, -0.2) is 72.3 Å². The lowest BCUT2D eigenvalue weighted by Crippen LogP contribution is -2.71. The Bertz CT molecular complexity index is 945. The van der Waals surface area contributed by atoms with Gasteiger partial charge in [0.2, 0.25) is 10.2 Å². The quantitative estimate of drug-likeness (QED) is 0.263. The van der Waals surface area contributed by atoms with E-state index in [-0.39, 0.29) is 11.5 Å². The highest BCUT2D eigenvalue weighted by Crippen LogP contribution is 2.29. The van der Waals surface area contributed by atoms with Crippen molar-refractivity contribution in [3.63, 3.8) is 0 Å². The average molecular weight is 444 g/mol. The highest BCUT2D eigenvalue weighted by atomic mass is 32.2. The molecule has 1 aromatic carbocycles. The molecule has 16 heteroatoms. The molecule has 0 aliphatic heterocycles. The molecule has 1 rings (SSSR count). The number of amides is 2. The van der Waals surface area contributed by atoms with Gasteiger partial charge in [0.1, 0.15) is 6.61 Å². The summed E-state index contributed by atoms with van der Waals surface area (Å²) in [4.78, 5) is 18.4. The van der Waals surface area contributed by atoms with Crippen LogP contribution in [0, 0.1) is 0 Å². The summed E-state index contributed by atoms with van der Waals surface area (Å²) in [6, 6.07) is 5.46. The zero-order chi connectivity index (χ0) is 21.8. The van der Waals surface area contributed by atoms with E-state index in [0.717, 1.165) is 5.32 Å². The SMILES string of the molecule is COc1ccccc1OCC(NC(=O)O)(C(NC(=O)O)S(=O)(=O)O)S(=O)(=O)O. The van der Waals surface area contributed by atoms with E-state index in [9.17, 15) is 35.5 Å². The second kappa shape index (κ2) is 8.46. The van der Waals surface area contributed by atoms with E-state index in [1.54, 1.807) is 0 Å². The molecule has 0 aliphatic rings. The number of rotatable bonds is 9. The summed E-state index contributed by atoms with van der Waals surface area (Å²) in [6.07, 6.45) is -4.33. The maximum absolute atomic E-state index is 11.9. The molecule has 0 fully saturated rings. The predicted octanol–water partition coefficient (Wildman–Crippen LogP) is -0.593. The van der Waals surface area contributed by atoms with Crippen LogP contribution in [0.25, 0.3) is 0 Å². The number of methoxy groups -OCH3 is 1. The topological polar surface area (TPSA) is 226 Å². The van der Waals surface area contributed by atoms with Crippen molar-refractivity contribution in [3.05, 3.63) is 24.3 Å². The van der Waals surface area contributed by atoms with Gasteiger partial charge in [-0.3, -0.25) is 19.7 Å². The monoisotopic (exact) mass is 444 g/mol. The molecule has 14 nitrogen and oxygen atoms in total. The Labute approximate surface area is 158 Å². The Balaban J connectivity index is 3.60. The van der Waals surface area contributed by atoms with E-state index in [1.165, 1.54) is 36.7 Å². The van der Waals surface area contributed by atoms with Crippen molar-refractivity contribution in [2.75, 3.05) is 13.7 Å². The first-order valence-electron chi connectivity index (χ1n) is 6.94. The molecular formula is C12H16N2O12S2. The highest BCUT2D eigenvalue weighted by molar-refractivity contribution is 7.91. The number of hydrogen-bond donors (Lipinski definition) is 6. The predicted molar refractivity (Wildman–Crippen MR) is 90.4 cm³/mol. The van der Waals surface area contributed by atoms with Crippen molar-refractivity contribution in [1.29, 1.82) is 0 Å². The zero-order valence-corrected chi connectivity index (χ0v) is 15.6. The summed E-state index contributed by atoms with van der Waals surface area (Å²) >= 11 is 0. The minimum Gasteiger partial charge on any atom is -0.493 e. The van der Waals surface area contributed by atoms with Gasteiger partial charge in [-0.2, -0.15) is 16.8 Å². The molecule has 0 saturated carbocycles. The Kier molecular flexibility index (Phi) is 7.02. The molecule has 28 heavy (non-hydrogen) atoms. The third-order valence-corrected chi connectivity index (χ3v) is 5.91. The van der Waals surface area contributed by atoms with E-state index in [0.29, 0.717) is 0 Å². The first-order valence-corrected chi connectivity index (χ1v) is 9.88. The third kappa shape index (κ3) is 5.35. The van der Waals surface area contributed by atoms with Gasteiger partial charge in [0.05, 0.1) is 7.11 Å². The van der Waals surface area contributed by atoms with Crippen molar-refractivity contribution in [2.24, 2.45) is 0 Å². The number of benzene rings is 1. The molecule has 1 aromatic rings. The molecule has 0 aromatic heterocycles. The molecule has 2 unspecified atom stereocenters. The Morgan fingerprint density at radius 3 is 2.00 bits per heavy atom. The van der Waals surface area contributed by atoms with Gasteiger partial charge in [-0.15, -0.1) is 0 Å². The first-order chi connectivity index (χ1) is 12.7. The van der Waals surface area contributed by atoms with E-state index in [2.05, 4.69) is 0 Å². The van der Waals surface area contributed by atoms with E-state index < -0.39 is 49.3 Å². The second-order valence-electron chi connectivity index (χ2n) is 5.08. The summed E-state index contributed by atoms with van der Waals surface area (Å²) in [5, 5.41) is 17.0. The molecular weight excluding hydrogens is 428 g/mol. The minimum absolute atomic E-state index is 0.0108. The van der Waals surface area contributed by atoms with Crippen molar-refractivity contribution >= 4 is 32.4 Å². The maximum atomic E-state index is 11.9. The molecule has 0 saturated heterocycles. The summed E-state index contributed by atoms with van der Waals surface area (Å²) in [5.74, 6) is -0.203. The number of nitrogens with one attached hydrogen (secondary N) is 2. The van der Waals surface area contributed by atoms with Crippen LogP contribution >= 0.6 is 0 Å². The van der Waals surface area contributed by atoms with Gasteiger partial charge in [-0.05, 0) is 12.1 Å². The molecule has 0 heterocycles. The first kappa shape index (κ1) is 23.2. The van der Waals surface area contributed by atoms with Gasteiger partial charge in [-0.25, -0.2) is 9.59 Å². The average Bonchev–Trinajstić information content (AvgIpc) is 2.54. The molecule has 2 atom stereocenters. The molecule has 158 valence electrons. The Hall–Kier alpha value is -2.82. The van der Waals surface area contributed by atoms with Crippen LogP contribution < -0.4 is 20.1 Å². The van der Waals surface area contributed by atoms with Crippen LogP contribution in [0.2, 0.25) is 0 Å². The fraction of sp³-hybridized carbons (Fsp3) is 0.333. The number of ether oxygens (including phenoxy) is 2. The number of carboxylic acid groups (broad SMARTS) is 2. The van der Waals surface area contributed by atoms with Crippen LogP contribution in [-0.2, 0) is 20.2 Å².